The Morgan fingerprint density at radius 1 is 1.07 bits per heavy atom. The number of halogens is 2. The van der Waals surface area contributed by atoms with Crippen molar-refractivity contribution in [3.63, 3.8) is 0 Å². The van der Waals surface area contributed by atoms with Crippen LogP contribution in [0.25, 0.3) is 22.3 Å². The maximum absolute atomic E-state index is 13.4. The number of carbonyl (C=O) groups excluding carboxylic acids is 1. The summed E-state index contributed by atoms with van der Waals surface area (Å²) in [5.74, 6) is -0.564. The van der Waals surface area contributed by atoms with Crippen LogP contribution < -0.4 is 10.7 Å². The number of anilines is 1. The zero-order valence-corrected chi connectivity index (χ0v) is 14.8. The number of para-hydroxylation sites is 1. The first kappa shape index (κ1) is 18.4. The van der Waals surface area contributed by atoms with Gasteiger partial charge in [-0.25, -0.2) is 13.8 Å². The summed E-state index contributed by atoms with van der Waals surface area (Å²) in [7, 11) is 0. The molecule has 0 saturated heterocycles. The molecule has 29 heavy (non-hydrogen) atoms. The number of alkyl halides is 2. The molecule has 0 aliphatic rings. The molecule has 4 rings (SSSR count). The van der Waals surface area contributed by atoms with Crippen LogP contribution in [0.2, 0.25) is 0 Å². The van der Waals surface area contributed by atoms with Gasteiger partial charge in [-0.2, -0.15) is 0 Å². The highest BCUT2D eigenvalue weighted by Crippen LogP contribution is 2.33. The number of hydrogen-bond donors (Lipinski definition) is 1. The Hall–Kier alpha value is -3.94. The predicted octanol–water partition coefficient (Wildman–Crippen LogP) is 4.44. The number of aromatic nitrogens is 2. The normalized spacial score (nSPS) is 11.0. The molecule has 8 heteroatoms. The first-order valence-electron chi connectivity index (χ1n) is 8.56. The summed E-state index contributed by atoms with van der Waals surface area (Å²) in [6, 6.07) is 11.6. The first-order valence-corrected chi connectivity index (χ1v) is 8.56. The average Bonchev–Trinajstić information content (AvgIpc) is 2.74. The fourth-order valence-electron chi connectivity index (χ4n) is 2.92. The Balaban J connectivity index is 1.84. The van der Waals surface area contributed by atoms with Crippen molar-refractivity contribution in [2.45, 2.75) is 6.43 Å². The highest BCUT2D eigenvalue weighted by Gasteiger charge is 2.18. The molecule has 0 spiro atoms. The second-order valence-corrected chi connectivity index (χ2v) is 6.09. The van der Waals surface area contributed by atoms with Gasteiger partial charge in [0.05, 0.1) is 17.3 Å². The summed E-state index contributed by atoms with van der Waals surface area (Å²) >= 11 is 0. The molecule has 6 nitrogen and oxygen atoms in total. The van der Waals surface area contributed by atoms with Crippen LogP contribution in [0.5, 0.6) is 0 Å². The van der Waals surface area contributed by atoms with Gasteiger partial charge >= 0.3 is 0 Å². The number of nitrogens with zero attached hydrogens (tertiary/aromatic N) is 2. The number of rotatable bonds is 4. The van der Waals surface area contributed by atoms with E-state index in [1.165, 1.54) is 42.9 Å². The van der Waals surface area contributed by atoms with E-state index in [1.54, 1.807) is 18.2 Å². The van der Waals surface area contributed by atoms with Gasteiger partial charge in [0.1, 0.15) is 11.5 Å². The molecule has 144 valence electrons. The maximum atomic E-state index is 13.4. The van der Waals surface area contributed by atoms with Gasteiger partial charge in [-0.1, -0.05) is 30.3 Å². The molecule has 0 aliphatic heterocycles. The maximum Gasteiger partial charge on any atom is 0.275 e. The van der Waals surface area contributed by atoms with Crippen LogP contribution in [-0.2, 0) is 0 Å². The van der Waals surface area contributed by atoms with Gasteiger partial charge in [-0.05, 0) is 12.1 Å². The second kappa shape index (κ2) is 7.59. The molecule has 0 saturated carbocycles. The van der Waals surface area contributed by atoms with E-state index in [9.17, 15) is 18.4 Å². The van der Waals surface area contributed by atoms with Gasteiger partial charge < -0.3 is 9.73 Å². The van der Waals surface area contributed by atoms with Crippen molar-refractivity contribution >= 4 is 22.6 Å². The quantitative estimate of drug-likeness (QED) is 0.554. The van der Waals surface area contributed by atoms with E-state index in [-0.39, 0.29) is 39.2 Å². The third kappa shape index (κ3) is 3.60. The van der Waals surface area contributed by atoms with Gasteiger partial charge in [-0.3, -0.25) is 14.6 Å². The van der Waals surface area contributed by atoms with Crippen LogP contribution in [-0.4, -0.2) is 15.9 Å². The fourth-order valence-corrected chi connectivity index (χ4v) is 2.92. The van der Waals surface area contributed by atoms with E-state index in [2.05, 4.69) is 15.3 Å². The summed E-state index contributed by atoms with van der Waals surface area (Å²) in [5, 5.41) is 2.83. The third-order valence-corrected chi connectivity index (χ3v) is 4.26. The van der Waals surface area contributed by atoms with Crippen molar-refractivity contribution in [2.24, 2.45) is 0 Å². The highest BCUT2D eigenvalue weighted by atomic mass is 19.3. The topological polar surface area (TPSA) is 85.1 Å². The minimum atomic E-state index is -2.74. The van der Waals surface area contributed by atoms with Gasteiger partial charge in [-0.15, -0.1) is 0 Å². The zero-order valence-electron chi connectivity index (χ0n) is 14.8. The Morgan fingerprint density at radius 2 is 1.90 bits per heavy atom. The van der Waals surface area contributed by atoms with Crippen molar-refractivity contribution in [3.05, 3.63) is 88.6 Å². The summed E-state index contributed by atoms with van der Waals surface area (Å²) in [6.07, 6.45) is 1.36. The minimum Gasteiger partial charge on any atom is -0.454 e. The highest BCUT2D eigenvalue weighted by molar-refractivity contribution is 6.06. The van der Waals surface area contributed by atoms with Crippen LogP contribution in [0.4, 0.5) is 14.5 Å². The van der Waals surface area contributed by atoms with Crippen molar-refractivity contribution in [1.82, 2.24) is 9.97 Å². The molecule has 0 aliphatic carbocycles. The van der Waals surface area contributed by atoms with Crippen molar-refractivity contribution < 1.29 is 18.0 Å². The molecule has 0 fully saturated rings. The number of fused-ring (bicyclic) bond motifs is 1. The molecule has 1 N–H and O–H groups in total. The van der Waals surface area contributed by atoms with Crippen LogP contribution in [0.1, 0.15) is 22.5 Å². The summed E-state index contributed by atoms with van der Waals surface area (Å²) in [5.41, 5.74) is -0.192. The predicted molar refractivity (Wildman–Crippen MR) is 103 cm³/mol. The van der Waals surface area contributed by atoms with E-state index in [1.807, 2.05) is 0 Å². The largest absolute Gasteiger partial charge is 0.454 e. The van der Waals surface area contributed by atoms with E-state index < -0.39 is 17.8 Å². The lowest BCUT2D eigenvalue weighted by Gasteiger charge is -2.11. The number of amides is 1. The molecule has 2 heterocycles. The molecular weight excluding hydrogens is 380 g/mol. The smallest absolute Gasteiger partial charge is 0.275 e. The lowest BCUT2D eigenvalue weighted by Crippen LogP contribution is -2.14. The molecule has 0 unspecified atom stereocenters. The van der Waals surface area contributed by atoms with E-state index >= 15 is 0 Å². The molecule has 2 aromatic heterocycles. The molecule has 0 atom stereocenters. The Morgan fingerprint density at radius 3 is 2.66 bits per heavy atom. The number of benzene rings is 2. The Kier molecular flexibility index (Phi) is 4.82. The number of carbonyl (C=O) groups is 1. The van der Waals surface area contributed by atoms with Crippen LogP contribution in [0, 0.1) is 0 Å². The fraction of sp³-hybridized carbons (Fsp3) is 0.0476. The number of hydrogen-bond acceptors (Lipinski definition) is 5. The van der Waals surface area contributed by atoms with E-state index in [4.69, 9.17) is 4.42 Å². The van der Waals surface area contributed by atoms with Crippen LogP contribution in [0.15, 0.2) is 76.3 Å². The third-order valence-electron chi connectivity index (χ3n) is 4.26. The summed E-state index contributed by atoms with van der Waals surface area (Å²) in [4.78, 5) is 32.7. The van der Waals surface area contributed by atoms with Crippen molar-refractivity contribution in [3.8, 4) is 11.3 Å². The molecule has 2 aromatic carbocycles. The molecule has 0 radical (unpaired) electrons. The second-order valence-electron chi connectivity index (χ2n) is 6.09. The number of nitrogens with one attached hydrogen (secondary N) is 1. The summed E-state index contributed by atoms with van der Waals surface area (Å²) in [6.45, 7) is 0. The van der Waals surface area contributed by atoms with Gasteiger partial charge in [0, 0.05) is 29.6 Å². The molecule has 4 aromatic rings. The van der Waals surface area contributed by atoms with E-state index in [0.29, 0.717) is 0 Å². The average molecular weight is 393 g/mol. The SMILES string of the molecule is O=C(Nc1cccc2c(=O)cc(-c3ccccc3C(F)F)oc12)c1cnccn1. The summed E-state index contributed by atoms with van der Waals surface area (Å²) < 4.78 is 32.6. The van der Waals surface area contributed by atoms with Gasteiger partial charge in [0.2, 0.25) is 0 Å². The van der Waals surface area contributed by atoms with E-state index in [0.717, 1.165) is 6.07 Å². The molecular formula is C21H13F2N3O3. The Bertz CT molecular complexity index is 1260. The first-order chi connectivity index (χ1) is 14.0. The monoisotopic (exact) mass is 393 g/mol. The van der Waals surface area contributed by atoms with Crippen LogP contribution in [0.3, 0.4) is 0 Å². The van der Waals surface area contributed by atoms with Gasteiger partial charge in [0.25, 0.3) is 12.3 Å². The lowest BCUT2D eigenvalue weighted by molar-refractivity contribution is 0.102. The standard InChI is InChI=1S/C21H13F2N3O3/c22-20(23)13-5-2-1-4-12(13)18-10-17(27)14-6-3-7-15(19(14)29-18)26-21(28)16-11-24-8-9-25-16/h1-11,20H,(H,26,28). The van der Waals surface area contributed by atoms with Crippen LogP contribution >= 0.6 is 0 Å². The van der Waals surface area contributed by atoms with Crippen molar-refractivity contribution in [1.29, 1.82) is 0 Å². The zero-order chi connectivity index (χ0) is 20.4. The minimum absolute atomic E-state index is 0.0143. The van der Waals surface area contributed by atoms with Gasteiger partial charge in [0.15, 0.2) is 11.0 Å². The lowest BCUT2D eigenvalue weighted by atomic mass is 10.0. The van der Waals surface area contributed by atoms with Crippen molar-refractivity contribution in [2.75, 3.05) is 5.32 Å². The molecule has 0 bridgehead atoms. The molecule has 1 amide bonds. The Labute approximate surface area is 162 Å².